The summed E-state index contributed by atoms with van der Waals surface area (Å²) in [4.78, 5) is 20.2. The minimum Gasteiger partial charge on any atom is -0.355 e. The first-order valence-corrected chi connectivity index (χ1v) is 9.49. The van der Waals surface area contributed by atoms with E-state index in [-0.39, 0.29) is 11.2 Å². The van der Waals surface area contributed by atoms with Gasteiger partial charge in [-0.3, -0.25) is 4.79 Å². The Balaban J connectivity index is 1.57. The van der Waals surface area contributed by atoms with Gasteiger partial charge in [-0.2, -0.15) is 0 Å². The number of imidazole rings is 1. The molecule has 25 heavy (non-hydrogen) atoms. The maximum absolute atomic E-state index is 12.4. The van der Waals surface area contributed by atoms with Gasteiger partial charge in [0.05, 0.1) is 16.3 Å². The van der Waals surface area contributed by atoms with Crippen LogP contribution in [0.25, 0.3) is 11.0 Å². The lowest BCUT2D eigenvalue weighted by atomic mass is 9.96. The highest BCUT2D eigenvalue weighted by Crippen LogP contribution is 2.24. The Morgan fingerprint density at radius 3 is 2.60 bits per heavy atom. The van der Waals surface area contributed by atoms with Crippen LogP contribution in [-0.2, 0) is 4.79 Å². The van der Waals surface area contributed by atoms with Gasteiger partial charge in [0.15, 0.2) is 5.16 Å². The number of aromatic amines is 1. The molecule has 0 aliphatic carbocycles. The molecule has 2 N–H and O–H groups in total. The fourth-order valence-electron chi connectivity index (χ4n) is 2.80. The van der Waals surface area contributed by atoms with Crippen LogP contribution < -0.4 is 5.32 Å². The van der Waals surface area contributed by atoms with E-state index >= 15 is 0 Å². The highest BCUT2D eigenvalue weighted by Gasteiger charge is 2.18. The molecule has 5 heteroatoms. The highest BCUT2D eigenvalue weighted by atomic mass is 32.2. The Morgan fingerprint density at radius 1 is 1.16 bits per heavy atom. The molecule has 0 spiro atoms. The van der Waals surface area contributed by atoms with E-state index in [0.29, 0.717) is 12.5 Å². The molecular weight excluding hydrogens is 330 g/mol. The number of nitrogens with one attached hydrogen (secondary N) is 2. The third-order valence-electron chi connectivity index (χ3n) is 4.31. The second-order valence-corrected chi connectivity index (χ2v) is 7.41. The number of carbonyl (C=O) groups is 1. The van der Waals surface area contributed by atoms with E-state index < -0.39 is 0 Å². The lowest BCUT2D eigenvalue weighted by Gasteiger charge is -2.17. The Kier molecular flexibility index (Phi) is 5.76. The second kappa shape index (κ2) is 8.21. The van der Waals surface area contributed by atoms with Crippen LogP contribution in [0, 0.1) is 0 Å². The average molecular weight is 353 g/mol. The number of thioether (sulfide) groups is 1. The predicted molar refractivity (Wildman–Crippen MR) is 104 cm³/mol. The van der Waals surface area contributed by atoms with Crippen molar-refractivity contribution in [3.63, 3.8) is 0 Å². The van der Waals surface area contributed by atoms with Crippen LogP contribution >= 0.6 is 11.8 Å². The van der Waals surface area contributed by atoms with Crippen molar-refractivity contribution in [3.8, 4) is 0 Å². The summed E-state index contributed by atoms with van der Waals surface area (Å²) in [5.41, 5.74) is 3.18. The number of para-hydroxylation sites is 2. The monoisotopic (exact) mass is 353 g/mol. The number of amides is 1. The molecular formula is C20H23N3OS. The lowest BCUT2D eigenvalue weighted by Crippen LogP contribution is -2.34. The van der Waals surface area contributed by atoms with Gasteiger partial charge in [0, 0.05) is 12.5 Å². The number of hydrogen-bond acceptors (Lipinski definition) is 3. The molecule has 0 unspecified atom stereocenters. The zero-order valence-corrected chi connectivity index (χ0v) is 15.3. The number of carbonyl (C=O) groups excluding carboxylic acids is 1. The van der Waals surface area contributed by atoms with Crippen molar-refractivity contribution in [2.24, 2.45) is 0 Å². The van der Waals surface area contributed by atoms with Crippen LogP contribution in [0.2, 0.25) is 0 Å². The summed E-state index contributed by atoms with van der Waals surface area (Å²) < 4.78 is 0. The maximum Gasteiger partial charge on any atom is 0.233 e. The largest absolute Gasteiger partial charge is 0.355 e. The Labute approximate surface area is 152 Å². The molecule has 3 aromatic rings. The number of hydrogen-bond donors (Lipinski definition) is 2. The maximum atomic E-state index is 12.4. The predicted octanol–water partition coefficient (Wildman–Crippen LogP) is 4.35. The smallest absolute Gasteiger partial charge is 0.233 e. The van der Waals surface area contributed by atoms with Gasteiger partial charge in [0.2, 0.25) is 5.91 Å². The number of aromatic nitrogens is 2. The molecule has 4 nitrogen and oxygen atoms in total. The zero-order chi connectivity index (χ0) is 17.6. The van der Waals surface area contributed by atoms with E-state index in [9.17, 15) is 4.79 Å². The van der Waals surface area contributed by atoms with Gasteiger partial charge in [-0.15, -0.1) is 0 Å². The first-order valence-electron chi connectivity index (χ1n) is 8.61. The van der Waals surface area contributed by atoms with E-state index in [4.69, 9.17) is 0 Å². The van der Waals surface area contributed by atoms with Gasteiger partial charge in [0.1, 0.15) is 0 Å². The van der Waals surface area contributed by atoms with Crippen LogP contribution in [0.5, 0.6) is 0 Å². The van der Waals surface area contributed by atoms with Crippen molar-refractivity contribution < 1.29 is 4.79 Å². The second-order valence-electron chi connectivity index (χ2n) is 6.08. The first-order chi connectivity index (χ1) is 12.2. The van der Waals surface area contributed by atoms with Crippen molar-refractivity contribution >= 4 is 28.7 Å². The number of nitrogens with zero attached hydrogens (tertiary/aromatic N) is 1. The molecule has 0 fully saturated rings. The van der Waals surface area contributed by atoms with E-state index in [0.717, 1.165) is 22.6 Å². The van der Waals surface area contributed by atoms with E-state index in [1.54, 1.807) is 0 Å². The fraction of sp³-hybridized carbons (Fsp3) is 0.300. The van der Waals surface area contributed by atoms with Gasteiger partial charge in [-0.05, 0) is 31.0 Å². The van der Waals surface area contributed by atoms with Crippen LogP contribution in [0.3, 0.4) is 0 Å². The quantitative estimate of drug-likeness (QED) is 0.621. The Morgan fingerprint density at radius 2 is 1.88 bits per heavy atom. The average Bonchev–Trinajstić information content (AvgIpc) is 3.05. The van der Waals surface area contributed by atoms with Gasteiger partial charge >= 0.3 is 0 Å². The SMILES string of the molecule is CC[C@H](CNC(=O)[C@@H](C)Sc1nc2ccccc2[nH]1)c1ccccc1. The molecule has 1 amide bonds. The van der Waals surface area contributed by atoms with Crippen LogP contribution in [-0.4, -0.2) is 27.7 Å². The van der Waals surface area contributed by atoms with Crippen molar-refractivity contribution in [1.29, 1.82) is 0 Å². The van der Waals surface area contributed by atoms with Crippen LogP contribution in [0.15, 0.2) is 59.8 Å². The molecule has 1 heterocycles. The van der Waals surface area contributed by atoms with Crippen molar-refractivity contribution in [3.05, 3.63) is 60.2 Å². The zero-order valence-electron chi connectivity index (χ0n) is 14.5. The molecule has 0 aliphatic heterocycles. The number of fused-ring (bicyclic) bond motifs is 1. The molecule has 0 aliphatic rings. The Bertz CT molecular complexity index is 798. The topological polar surface area (TPSA) is 57.8 Å². The molecule has 130 valence electrons. The minimum absolute atomic E-state index is 0.0415. The number of H-pyrrole nitrogens is 1. The van der Waals surface area contributed by atoms with Crippen molar-refractivity contribution in [2.45, 2.75) is 36.6 Å². The summed E-state index contributed by atoms with van der Waals surface area (Å²) >= 11 is 1.45. The normalized spacial score (nSPS) is 13.5. The Hall–Kier alpha value is -2.27. The summed E-state index contributed by atoms with van der Waals surface area (Å²) in [6.07, 6.45) is 0.995. The number of rotatable bonds is 7. The van der Waals surface area contributed by atoms with Gasteiger partial charge in [0.25, 0.3) is 0 Å². The third-order valence-corrected chi connectivity index (χ3v) is 5.30. The van der Waals surface area contributed by atoms with Crippen LogP contribution in [0.4, 0.5) is 0 Å². The molecule has 0 radical (unpaired) electrons. The summed E-state index contributed by atoms with van der Waals surface area (Å²) in [5, 5.41) is 3.66. The fourth-order valence-corrected chi connectivity index (χ4v) is 3.64. The van der Waals surface area contributed by atoms with E-state index in [1.165, 1.54) is 17.3 Å². The summed E-state index contributed by atoms with van der Waals surface area (Å²) in [6.45, 7) is 4.72. The minimum atomic E-state index is -0.200. The molecule has 2 atom stereocenters. The third kappa shape index (κ3) is 4.42. The van der Waals surface area contributed by atoms with Crippen molar-refractivity contribution in [2.75, 3.05) is 6.54 Å². The molecule has 2 aromatic carbocycles. The van der Waals surface area contributed by atoms with E-state index in [2.05, 4.69) is 34.3 Å². The van der Waals surface area contributed by atoms with E-state index in [1.807, 2.05) is 49.4 Å². The molecule has 0 bridgehead atoms. The standard InChI is InChI=1S/C20H23N3OS/c1-3-15(16-9-5-4-6-10-16)13-21-19(24)14(2)25-20-22-17-11-7-8-12-18(17)23-20/h4-12,14-15H,3,13H2,1-2H3,(H,21,24)(H,22,23)/t14-,15-/m1/s1. The van der Waals surface area contributed by atoms with Gasteiger partial charge in [-0.1, -0.05) is 61.2 Å². The first kappa shape index (κ1) is 17.5. The van der Waals surface area contributed by atoms with Gasteiger partial charge in [-0.25, -0.2) is 4.98 Å². The van der Waals surface area contributed by atoms with Gasteiger partial charge < -0.3 is 10.3 Å². The number of benzene rings is 2. The molecule has 3 rings (SSSR count). The van der Waals surface area contributed by atoms with Crippen molar-refractivity contribution in [1.82, 2.24) is 15.3 Å². The summed E-state index contributed by atoms with van der Waals surface area (Å²) in [6, 6.07) is 18.2. The lowest BCUT2D eigenvalue weighted by molar-refractivity contribution is -0.120. The molecule has 0 saturated carbocycles. The summed E-state index contributed by atoms with van der Waals surface area (Å²) in [5.74, 6) is 0.383. The van der Waals surface area contributed by atoms with Crippen LogP contribution in [0.1, 0.15) is 31.7 Å². The molecule has 0 saturated heterocycles. The highest BCUT2D eigenvalue weighted by molar-refractivity contribution is 8.00. The summed E-state index contributed by atoms with van der Waals surface area (Å²) in [7, 11) is 0. The molecule has 1 aromatic heterocycles.